The van der Waals surface area contributed by atoms with Gasteiger partial charge in [-0.1, -0.05) is 36.4 Å². The summed E-state index contributed by atoms with van der Waals surface area (Å²) in [5.41, 5.74) is 6.10. The molecule has 4 aromatic rings. The van der Waals surface area contributed by atoms with Gasteiger partial charge in [0.1, 0.15) is 11.6 Å². The van der Waals surface area contributed by atoms with Crippen LogP contribution in [0.1, 0.15) is 22.5 Å². The molecule has 2 aromatic carbocycles. The Morgan fingerprint density at radius 2 is 1.79 bits per heavy atom. The summed E-state index contributed by atoms with van der Waals surface area (Å²) in [5, 5.41) is 5.05. The average molecular weight is 366 g/mol. The van der Waals surface area contributed by atoms with Crippen LogP contribution < -0.4 is 4.74 Å². The molecule has 0 spiro atoms. The summed E-state index contributed by atoms with van der Waals surface area (Å²) >= 11 is 0. The molecular weight excluding hydrogens is 348 g/mol. The summed E-state index contributed by atoms with van der Waals surface area (Å²) in [5.74, 6) is 1.71. The highest BCUT2D eigenvalue weighted by atomic mass is 16.5. The fraction of sp³-hybridized carbons (Fsp3) is 0.0870. The van der Waals surface area contributed by atoms with Crippen molar-refractivity contribution in [3.05, 3.63) is 102 Å². The second-order valence-corrected chi connectivity index (χ2v) is 6.63. The SMILES string of the molecule is COc1ccc2c(c1)C(c1ccccc1)=Nn1c(-c3cccnc3)cnc1C2. The highest BCUT2D eigenvalue weighted by Crippen LogP contribution is 2.29. The number of aromatic nitrogens is 3. The van der Waals surface area contributed by atoms with Gasteiger partial charge < -0.3 is 4.74 Å². The van der Waals surface area contributed by atoms with E-state index in [0.29, 0.717) is 6.42 Å². The van der Waals surface area contributed by atoms with Gasteiger partial charge in [-0.05, 0) is 29.8 Å². The molecule has 0 saturated carbocycles. The predicted octanol–water partition coefficient (Wildman–Crippen LogP) is 4.16. The Morgan fingerprint density at radius 1 is 0.929 bits per heavy atom. The van der Waals surface area contributed by atoms with Gasteiger partial charge in [-0.15, -0.1) is 0 Å². The molecule has 0 radical (unpaired) electrons. The smallest absolute Gasteiger partial charge is 0.135 e. The Bertz CT molecular complexity index is 1160. The van der Waals surface area contributed by atoms with Crippen molar-refractivity contribution in [3.8, 4) is 17.0 Å². The molecule has 5 nitrogen and oxygen atoms in total. The van der Waals surface area contributed by atoms with E-state index in [4.69, 9.17) is 9.84 Å². The third kappa shape index (κ3) is 2.77. The summed E-state index contributed by atoms with van der Waals surface area (Å²) in [6, 6.07) is 20.3. The first kappa shape index (κ1) is 16.4. The van der Waals surface area contributed by atoms with Crippen molar-refractivity contribution in [2.75, 3.05) is 7.11 Å². The van der Waals surface area contributed by atoms with Crippen molar-refractivity contribution in [1.82, 2.24) is 14.6 Å². The molecule has 3 heterocycles. The molecule has 0 unspecified atom stereocenters. The number of hydrogen-bond donors (Lipinski definition) is 0. The van der Waals surface area contributed by atoms with Gasteiger partial charge in [-0.3, -0.25) is 4.98 Å². The van der Waals surface area contributed by atoms with E-state index in [1.165, 1.54) is 5.56 Å². The van der Waals surface area contributed by atoms with Crippen LogP contribution in [0.3, 0.4) is 0 Å². The Balaban J connectivity index is 1.77. The molecule has 0 amide bonds. The van der Waals surface area contributed by atoms with Crippen LogP contribution in [0.25, 0.3) is 11.3 Å². The minimum absolute atomic E-state index is 0.694. The number of benzene rings is 2. The summed E-state index contributed by atoms with van der Waals surface area (Å²) in [6.45, 7) is 0. The number of imidazole rings is 1. The Hall–Kier alpha value is -3.73. The summed E-state index contributed by atoms with van der Waals surface area (Å²) in [4.78, 5) is 8.91. The maximum Gasteiger partial charge on any atom is 0.135 e. The number of hydrogen-bond acceptors (Lipinski definition) is 4. The van der Waals surface area contributed by atoms with Gasteiger partial charge in [0.2, 0.25) is 0 Å². The maximum absolute atomic E-state index is 5.47. The fourth-order valence-electron chi connectivity index (χ4n) is 3.52. The lowest BCUT2D eigenvalue weighted by atomic mass is 9.96. The first-order chi connectivity index (χ1) is 13.8. The van der Waals surface area contributed by atoms with Gasteiger partial charge in [-0.25, -0.2) is 9.66 Å². The van der Waals surface area contributed by atoms with E-state index >= 15 is 0 Å². The lowest BCUT2D eigenvalue weighted by Crippen LogP contribution is -2.07. The summed E-state index contributed by atoms with van der Waals surface area (Å²) in [6.07, 6.45) is 6.17. The molecule has 5 heteroatoms. The molecule has 0 atom stereocenters. The van der Waals surface area contributed by atoms with E-state index in [9.17, 15) is 0 Å². The fourth-order valence-corrected chi connectivity index (χ4v) is 3.52. The predicted molar refractivity (Wildman–Crippen MR) is 109 cm³/mol. The zero-order valence-corrected chi connectivity index (χ0v) is 15.4. The van der Waals surface area contributed by atoms with Gasteiger partial charge in [0.25, 0.3) is 0 Å². The van der Waals surface area contributed by atoms with E-state index in [0.717, 1.165) is 39.7 Å². The van der Waals surface area contributed by atoms with Gasteiger partial charge in [0.05, 0.1) is 24.7 Å². The largest absolute Gasteiger partial charge is 0.497 e. The lowest BCUT2D eigenvalue weighted by molar-refractivity contribution is 0.414. The van der Waals surface area contributed by atoms with E-state index in [-0.39, 0.29) is 0 Å². The second kappa shape index (κ2) is 6.78. The molecule has 1 aliphatic rings. The Kier molecular flexibility index (Phi) is 3.98. The van der Waals surface area contributed by atoms with Gasteiger partial charge in [-0.2, -0.15) is 5.10 Å². The quantitative estimate of drug-likeness (QED) is 0.482. The lowest BCUT2D eigenvalue weighted by Gasteiger charge is -2.11. The molecule has 1 aliphatic heterocycles. The van der Waals surface area contributed by atoms with Crippen molar-refractivity contribution >= 4 is 5.71 Å². The van der Waals surface area contributed by atoms with Crippen LogP contribution in [-0.4, -0.2) is 27.5 Å². The minimum Gasteiger partial charge on any atom is -0.497 e. The normalized spacial score (nSPS) is 12.5. The van der Waals surface area contributed by atoms with Crippen LogP contribution >= 0.6 is 0 Å². The van der Waals surface area contributed by atoms with Crippen molar-refractivity contribution in [2.24, 2.45) is 5.10 Å². The number of pyridine rings is 1. The van der Waals surface area contributed by atoms with Crippen LogP contribution in [0.15, 0.2) is 84.4 Å². The average Bonchev–Trinajstić information content (AvgIpc) is 3.08. The molecule has 0 saturated heterocycles. The van der Waals surface area contributed by atoms with E-state index in [2.05, 4.69) is 34.2 Å². The molecule has 136 valence electrons. The van der Waals surface area contributed by atoms with E-state index in [1.807, 2.05) is 53.5 Å². The molecule has 2 aromatic heterocycles. The van der Waals surface area contributed by atoms with Gasteiger partial charge in [0.15, 0.2) is 0 Å². The van der Waals surface area contributed by atoms with Crippen LogP contribution in [0.2, 0.25) is 0 Å². The third-order valence-electron chi connectivity index (χ3n) is 4.93. The van der Waals surface area contributed by atoms with Crippen LogP contribution in [0.5, 0.6) is 5.75 Å². The highest BCUT2D eigenvalue weighted by molar-refractivity contribution is 6.14. The topological polar surface area (TPSA) is 52.3 Å². The molecule has 0 N–H and O–H groups in total. The molecule has 0 aliphatic carbocycles. The molecule has 28 heavy (non-hydrogen) atoms. The van der Waals surface area contributed by atoms with Crippen LogP contribution in [-0.2, 0) is 6.42 Å². The molecule has 5 rings (SSSR count). The second-order valence-electron chi connectivity index (χ2n) is 6.63. The standard InChI is InChI=1S/C23H18N4O/c1-28-19-10-9-17-12-22-25-15-21(18-8-5-11-24-14-18)27(22)26-23(20(17)13-19)16-6-3-2-4-7-16/h2-11,13-15H,12H2,1H3. The Labute approximate surface area is 163 Å². The summed E-state index contributed by atoms with van der Waals surface area (Å²) in [7, 11) is 1.68. The zero-order valence-electron chi connectivity index (χ0n) is 15.4. The molecular formula is C23H18N4O. The number of nitrogens with zero attached hydrogens (tertiary/aromatic N) is 4. The van der Waals surface area contributed by atoms with Crippen molar-refractivity contribution < 1.29 is 4.74 Å². The number of methoxy groups -OCH3 is 1. The first-order valence-corrected chi connectivity index (χ1v) is 9.12. The zero-order chi connectivity index (χ0) is 18.9. The first-order valence-electron chi connectivity index (χ1n) is 9.12. The minimum atomic E-state index is 0.694. The van der Waals surface area contributed by atoms with Gasteiger partial charge in [0, 0.05) is 35.5 Å². The van der Waals surface area contributed by atoms with Gasteiger partial charge >= 0.3 is 0 Å². The van der Waals surface area contributed by atoms with Crippen molar-refractivity contribution in [3.63, 3.8) is 0 Å². The van der Waals surface area contributed by atoms with E-state index in [1.54, 1.807) is 13.3 Å². The van der Waals surface area contributed by atoms with Crippen molar-refractivity contribution in [1.29, 1.82) is 0 Å². The van der Waals surface area contributed by atoms with Crippen LogP contribution in [0, 0.1) is 0 Å². The number of ether oxygens (including phenoxy) is 1. The number of fused-ring (bicyclic) bond motifs is 2. The maximum atomic E-state index is 5.47. The molecule has 0 fully saturated rings. The third-order valence-corrected chi connectivity index (χ3v) is 4.93. The summed E-state index contributed by atoms with van der Waals surface area (Å²) < 4.78 is 7.41. The van der Waals surface area contributed by atoms with Crippen LogP contribution in [0.4, 0.5) is 0 Å². The Morgan fingerprint density at radius 3 is 2.57 bits per heavy atom. The highest BCUT2D eigenvalue weighted by Gasteiger charge is 2.22. The van der Waals surface area contributed by atoms with Crippen molar-refractivity contribution in [2.45, 2.75) is 6.42 Å². The number of rotatable bonds is 3. The monoisotopic (exact) mass is 366 g/mol. The molecule has 0 bridgehead atoms. The van der Waals surface area contributed by atoms with E-state index < -0.39 is 0 Å².